The first-order chi connectivity index (χ1) is 9.49. The molecule has 0 atom stereocenters. The van der Waals surface area contributed by atoms with Crippen LogP contribution in [0.3, 0.4) is 0 Å². The van der Waals surface area contributed by atoms with Crippen LogP contribution in [0.2, 0.25) is 0 Å². The molecular weight excluding hydrogens is 264 g/mol. The Labute approximate surface area is 118 Å². The van der Waals surface area contributed by atoms with Crippen molar-refractivity contribution in [2.24, 2.45) is 16.6 Å². The highest BCUT2D eigenvalue weighted by molar-refractivity contribution is 5.77. The number of guanidine groups is 1. The van der Waals surface area contributed by atoms with Gasteiger partial charge in [-0.1, -0.05) is 13.8 Å². The average Bonchev–Trinajstić information content (AvgIpc) is 2.36. The highest BCUT2D eigenvalue weighted by Gasteiger charge is 2.04. The van der Waals surface area contributed by atoms with Crippen LogP contribution in [-0.4, -0.2) is 25.7 Å². The molecule has 0 radical (unpaired) electrons. The van der Waals surface area contributed by atoms with Gasteiger partial charge in [0.1, 0.15) is 12.4 Å². The molecule has 1 rings (SSSR count). The fourth-order valence-electron chi connectivity index (χ4n) is 1.43. The maximum absolute atomic E-state index is 13.2. The van der Waals surface area contributed by atoms with Crippen LogP contribution in [-0.2, 0) is 0 Å². The molecule has 0 spiro atoms. The number of halogens is 2. The second kappa shape index (κ2) is 8.35. The van der Waals surface area contributed by atoms with Gasteiger partial charge in [-0.05, 0) is 24.5 Å². The summed E-state index contributed by atoms with van der Waals surface area (Å²) < 4.78 is 31.1. The zero-order chi connectivity index (χ0) is 15.0. The molecule has 0 bridgehead atoms. The van der Waals surface area contributed by atoms with Crippen molar-refractivity contribution in [1.82, 2.24) is 5.32 Å². The minimum Gasteiger partial charge on any atom is -0.489 e. The fraction of sp³-hybridized carbons (Fsp3) is 0.500. The van der Waals surface area contributed by atoms with Crippen molar-refractivity contribution in [1.29, 1.82) is 0 Å². The van der Waals surface area contributed by atoms with Crippen molar-refractivity contribution in [3.8, 4) is 5.75 Å². The van der Waals surface area contributed by atoms with Gasteiger partial charge in [-0.3, -0.25) is 4.99 Å². The van der Waals surface area contributed by atoms with E-state index < -0.39 is 11.6 Å². The Morgan fingerprint density at radius 1 is 1.40 bits per heavy atom. The molecule has 1 aromatic rings. The van der Waals surface area contributed by atoms with Crippen molar-refractivity contribution in [3.63, 3.8) is 0 Å². The predicted molar refractivity (Wildman–Crippen MR) is 75.8 cm³/mol. The summed E-state index contributed by atoms with van der Waals surface area (Å²) in [5.41, 5.74) is 5.65. The summed E-state index contributed by atoms with van der Waals surface area (Å²) >= 11 is 0. The summed E-state index contributed by atoms with van der Waals surface area (Å²) in [6, 6.07) is 3.18. The summed E-state index contributed by atoms with van der Waals surface area (Å²) in [6.07, 6.45) is 0.972. The van der Waals surface area contributed by atoms with Gasteiger partial charge < -0.3 is 15.8 Å². The highest BCUT2D eigenvalue weighted by Crippen LogP contribution is 2.17. The molecule has 0 heterocycles. The molecule has 0 saturated carbocycles. The van der Waals surface area contributed by atoms with Crippen LogP contribution in [0, 0.1) is 17.6 Å². The minimum atomic E-state index is -0.719. The lowest BCUT2D eigenvalue weighted by atomic mass is 10.1. The molecule has 0 amide bonds. The van der Waals surface area contributed by atoms with Gasteiger partial charge >= 0.3 is 0 Å². The third kappa shape index (κ3) is 6.36. The van der Waals surface area contributed by atoms with Crippen molar-refractivity contribution in [3.05, 3.63) is 29.8 Å². The number of aliphatic imine (C=N–C) groups is 1. The van der Waals surface area contributed by atoms with Gasteiger partial charge in [0, 0.05) is 12.6 Å². The monoisotopic (exact) mass is 285 g/mol. The van der Waals surface area contributed by atoms with Gasteiger partial charge in [-0.25, -0.2) is 8.78 Å². The lowest BCUT2D eigenvalue weighted by Gasteiger charge is -2.09. The molecule has 20 heavy (non-hydrogen) atoms. The van der Waals surface area contributed by atoms with Crippen LogP contribution < -0.4 is 15.8 Å². The van der Waals surface area contributed by atoms with E-state index in [4.69, 9.17) is 10.5 Å². The fourth-order valence-corrected chi connectivity index (χ4v) is 1.43. The Bertz CT molecular complexity index is 450. The Hall–Kier alpha value is -1.85. The van der Waals surface area contributed by atoms with E-state index in [2.05, 4.69) is 24.2 Å². The zero-order valence-electron chi connectivity index (χ0n) is 11.8. The first-order valence-corrected chi connectivity index (χ1v) is 6.60. The van der Waals surface area contributed by atoms with Crippen LogP contribution >= 0.6 is 0 Å². The maximum Gasteiger partial charge on any atom is 0.188 e. The Kier molecular flexibility index (Phi) is 6.76. The van der Waals surface area contributed by atoms with Crippen molar-refractivity contribution in [2.45, 2.75) is 20.3 Å². The molecule has 0 aliphatic heterocycles. The first kappa shape index (κ1) is 16.2. The van der Waals surface area contributed by atoms with Crippen LogP contribution in [0.25, 0.3) is 0 Å². The van der Waals surface area contributed by atoms with E-state index in [0.29, 0.717) is 25.0 Å². The first-order valence-electron chi connectivity index (χ1n) is 6.60. The van der Waals surface area contributed by atoms with E-state index in [0.717, 1.165) is 18.6 Å². The molecule has 6 heteroatoms. The van der Waals surface area contributed by atoms with Gasteiger partial charge in [0.25, 0.3) is 0 Å². The summed E-state index contributed by atoms with van der Waals surface area (Å²) in [7, 11) is 0. The smallest absolute Gasteiger partial charge is 0.188 e. The summed E-state index contributed by atoms with van der Waals surface area (Å²) in [5, 5.41) is 2.86. The molecule has 0 saturated heterocycles. The van der Waals surface area contributed by atoms with Crippen LogP contribution in [0.4, 0.5) is 8.78 Å². The Morgan fingerprint density at radius 3 is 2.80 bits per heavy atom. The van der Waals surface area contributed by atoms with Crippen LogP contribution in [0.15, 0.2) is 23.2 Å². The number of hydrogen-bond donors (Lipinski definition) is 2. The number of nitrogens with zero attached hydrogens (tertiary/aromatic N) is 1. The van der Waals surface area contributed by atoms with E-state index in [9.17, 15) is 8.78 Å². The summed E-state index contributed by atoms with van der Waals surface area (Å²) in [5.74, 6) is -0.410. The molecule has 0 aliphatic rings. The van der Waals surface area contributed by atoms with E-state index >= 15 is 0 Å². The van der Waals surface area contributed by atoms with E-state index in [1.807, 2.05) is 0 Å². The Morgan fingerprint density at radius 2 is 2.15 bits per heavy atom. The molecule has 0 aromatic heterocycles. The van der Waals surface area contributed by atoms with Gasteiger partial charge in [-0.15, -0.1) is 0 Å². The van der Waals surface area contributed by atoms with E-state index in [1.165, 1.54) is 6.07 Å². The predicted octanol–water partition coefficient (Wildman–Crippen LogP) is 2.29. The molecular formula is C14H21F2N3O. The number of nitrogens with two attached hydrogens (primary N) is 1. The minimum absolute atomic E-state index is 0.0171. The third-order valence-corrected chi connectivity index (χ3v) is 2.55. The average molecular weight is 285 g/mol. The third-order valence-electron chi connectivity index (χ3n) is 2.55. The molecule has 0 aliphatic carbocycles. The number of ether oxygens (including phenoxy) is 1. The lowest BCUT2D eigenvalue weighted by Crippen LogP contribution is -2.35. The molecule has 0 fully saturated rings. The van der Waals surface area contributed by atoms with Crippen molar-refractivity contribution >= 4 is 5.96 Å². The lowest BCUT2D eigenvalue weighted by molar-refractivity contribution is 0.305. The summed E-state index contributed by atoms with van der Waals surface area (Å²) in [4.78, 5) is 4.14. The quantitative estimate of drug-likeness (QED) is 0.459. The van der Waals surface area contributed by atoms with Gasteiger partial charge in [0.2, 0.25) is 0 Å². The second-order valence-corrected chi connectivity index (χ2v) is 4.80. The normalized spacial score (nSPS) is 11.8. The standard InChI is InChI=1S/C14H21F2N3O/c1-10(2)5-6-18-14(17)19-7-8-20-13-4-3-11(15)9-12(13)16/h3-4,9-10H,5-8H2,1-2H3,(H3,17,18,19). The molecule has 3 N–H and O–H groups in total. The number of benzene rings is 1. The van der Waals surface area contributed by atoms with Gasteiger partial charge in [0.15, 0.2) is 17.5 Å². The zero-order valence-corrected chi connectivity index (χ0v) is 11.8. The molecule has 1 aromatic carbocycles. The molecule has 0 unspecified atom stereocenters. The summed E-state index contributed by atoms with van der Waals surface area (Å²) in [6.45, 7) is 5.51. The Balaban J connectivity index is 2.24. The SMILES string of the molecule is CC(C)CCN=C(N)NCCOc1ccc(F)cc1F. The topological polar surface area (TPSA) is 59.6 Å². The molecule has 4 nitrogen and oxygen atoms in total. The van der Waals surface area contributed by atoms with Gasteiger partial charge in [-0.2, -0.15) is 0 Å². The number of nitrogens with one attached hydrogen (secondary N) is 1. The number of hydrogen-bond acceptors (Lipinski definition) is 2. The van der Waals surface area contributed by atoms with Crippen molar-refractivity contribution < 1.29 is 13.5 Å². The van der Waals surface area contributed by atoms with Crippen LogP contribution in [0.1, 0.15) is 20.3 Å². The van der Waals surface area contributed by atoms with Crippen LogP contribution in [0.5, 0.6) is 5.75 Å². The van der Waals surface area contributed by atoms with Gasteiger partial charge in [0.05, 0.1) is 6.54 Å². The molecule has 112 valence electrons. The maximum atomic E-state index is 13.2. The number of rotatable bonds is 7. The van der Waals surface area contributed by atoms with E-state index in [-0.39, 0.29) is 12.4 Å². The van der Waals surface area contributed by atoms with Crippen molar-refractivity contribution in [2.75, 3.05) is 19.7 Å². The highest BCUT2D eigenvalue weighted by atomic mass is 19.1. The largest absolute Gasteiger partial charge is 0.489 e. The second-order valence-electron chi connectivity index (χ2n) is 4.80. The van der Waals surface area contributed by atoms with E-state index in [1.54, 1.807) is 0 Å².